The van der Waals surface area contributed by atoms with Gasteiger partial charge in [-0.2, -0.15) is 0 Å². The van der Waals surface area contributed by atoms with E-state index in [0.29, 0.717) is 5.69 Å². The molecule has 126 valence electrons. The van der Waals surface area contributed by atoms with Crippen LogP contribution >= 0.6 is 0 Å². The predicted octanol–water partition coefficient (Wildman–Crippen LogP) is 3.87. The van der Waals surface area contributed by atoms with Gasteiger partial charge in [0.2, 0.25) is 0 Å². The first kappa shape index (κ1) is 16.7. The van der Waals surface area contributed by atoms with Crippen molar-refractivity contribution in [3.63, 3.8) is 0 Å². The van der Waals surface area contributed by atoms with Gasteiger partial charge in [0.05, 0.1) is 6.42 Å². The summed E-state index contributed by atoms with van der Waals surface area (Å²) in [4.78, 5) is 23.9. The highest BCUT2D eigenvalue weighted by atomic mass is 16.5. The zero-order chi connectivity index (χ0) is 17.6. The average molecular weight is 333 g/mol. The molecule has 0 unspecified atom stereocenters. The summed E-state index contributed by atoms with van der Waals surface area (Å²) in [5, 5.41) is 4.89. The lowest BCUT2D eigenvalue weighted by Gasteiger charge is -2.08. The lowest BCUT2D eigenvalue weighted by atomic mass is 10.1. The smallest absolute Gasteiger partial charge is 0.310 e. The quantitative estimate of drug-likeness (QED) is 0.721. The van der Waals surface area contributed by atoms with Crippen LogP contribution in [0.15, 0.2) is 66.7 Å². The molecule has 3 rings (SSSR count). The van der Waals surface area contributed by atoms with Crippen molar-refractivity contribution < 1.29 is 14.3 Å². The number of anilines is 1. The topological polar surface area (TPSA) is 55.4 Å². The normalized spacial score (nSPS) is 10.4. The molecular formula is C21H19NO3. The van der Waals surface area contributed by atoms with Crippen LogP contribution in [-0.2, 0) is 20.7 Å². The van der Waals surface area contributed by atoms with E-state index in [0.717, 1.165) is 21.9 Å². The Bertz CT molecular complexity index is 918. The molecular weight excluding hydrogens is 314 g/mol. The molecule has 0 spiro atoms. The Kier molecular flexibility index (Phi) is 5.09. The van der Waals surface area contributed by atoms with Crippen LogP contribution in [0.5, 0.6) is 0 Å². The standard InChI is InChI=1S/C21H19NO3/c1-15-6-2-3-8-17(15)13-21(24)25-14-20(23)22-19-11-10-16-7-4-5-9-18(16)12-19/h2-12H,13-14H2,1H3,(H,22,23). The van der Waals surface area contributed by atoms with Crippen LogP contribution < -0.4 is 5.32 Å². The molecule has 1 N–H and O–H groups in total. The summed E-state index contributed by atoms with van der Waals surface area (Å²) in [6.07, 6.45) is 0.163. The third kappa shape index (κ3) is 4.44. The molecule has 4 nitrogen and oxygen atoms in total. The molecule has 0 saturated carbocycles. The van der Waals surface area contributed by atoms with Crippen LogP contribution in [0.1, 0.15) is 11.1 Å². The van der Waals surface area contributed by atoms with Crippen molar-refractivity contribution in [1.82, 2.24) is 0 Å². The number of benzene rings is 3. The SMILES string of the molecule is Cc1ccccc1CC(=O)OCC(=O)Nc1ccc2ccccc2c1. The van der Waals surface area contributed by atoms with E-state index >= 15 is 0 Å². The minimum absolute atomic E-state index is 0.163. The minimum atomic E-state index is -0.414. The van der Waals surface area contributed by atoms with E-state index in [9.17, 15) is 9.59 Å². The maximum Gasteiger partial charge on any atom is 0.310 e. The molecule has 0 aromatic heterocycles. The first-order valence-corrected chi connectivity index (χ1v) is 8.10. The number of hydrogen-bond acceptors (Lipinski definition) is 3. The summed E-state index contributed by atoms with van der Waals surface area (Å²) in [5.74, 6) is -0.767. The molecule has 25 heavy (non-hydrogen) atoms. The Hall–Kier alpha value is -3.14. The highest BCUT2D eigenvalue weighted by Crippen LogP contribution is 2.18. The number of amides is 1. The molecule has 1 amide bonds. The molecule has 4 heteroatoms. The molecule has 0 aliphatic rings. The van der Waals surface area contributed by atoms with Gasteiger partial charge in [0.1, 0.15) is 0 Å². The van der Waals surface area contributed by atoms with E-state index < -0.39 is 5.97 Å². The molecule has 0 heterocycles. The summed E-state index contributed by atoms with van der Waals surface area (Å²) in [7, 11) is 0. The second kappa shape index (κ2) is 7.62. The van der Waals surface area contributed by atoms with Crippen LogP contribution in [0.25, 0.3) is 10.8 Å². The van der Waals surface area contributed by atoms with Crippen molar-refractivity contribution in [1.29, 1.82) is 0 Å². The van der Waals surface area contributed by atoms with Gasteiger partial charge in [-0.15, -0.1) is 0 Å². The Morgan fingerprint density at radius 1 is 0.920 bits per heavy atom. The van der Waals surface area contributed by atoms with E-state index in [-0.39, 0.29) is 18.9 Å². The summed E-state index contributed by atoms with van der Waals surface area (Å²) in [6.45, 7) is 1.65. The van der Waals surface area contributed by atoms with Crippen molar-refractivity contribution in [3.8, 4) is 0 Å². The molecule has 0 radical (unpaired) electrons. The van der Waals surface area contributed by atoms with Crippen LogP contribution in [0.4, 0.5) is 5.69 Å². The monoisotopic (exact) mass is 333 g/mol. The molecule has 0 aliphatic heterocycles. The number of fused-ring (bicyclic) bond motifs is 1. The summed E-state index contributed by atoms with van der Waals surface area (Å²) in [6, 6.07) is 21.2. The molecule has 0 aliphatic carbocycles. The van der Waals surface area contributed by atoms with Crippen molar-refractivity contribution in [2.24, 2.45) is 0 Å². The summed E-state index contributed by atoms with van der Waals surface area (Å²) in [5.41, 5.74) is 2.61. The second-order valence-electron chi connectivity index (χ2n) is 5.87. The Morgan fingerprint density at radius 2 is 1.64 bits per heavy atom. The number of aryl methyl sites for hydroxylation is 1. The van der Waals surface area contributed by atoms with Crippen LogP contribution in [0.2, 0.25) is 0 Å². The lowest BCUT2D eigenvalue weighted by Crippen LogP contribution is -2.21. The number of hydrogen-bond donors (Lipinski definition) is 1. The van der Waals surface area contributed by atoms with Crippen molar-refractivity contribution in [3.05, 3.63) is 77.9 Å². The number of rotatable bonds is 5. The van der Waals surface area contributed by atoms with Gasteiger partial charge in [0.15, 0.2) is 6.61 Å². The highest BCUT2D eigenvalue weighted by Gasteiger charge is 2.10. The maximum absolute atomic E-state index is 12.0. The number of carbonyl (C=O) groups excluding carboxylic acids is 2. The van der Waals surface area contributed by atoms with Crippen molar-refractivity contribution in [2.75, 3.05) is 11.9 Å². The number of esters is 1. The molecule has 0 fully saturated rings. The Balaban J connectivity index is 1.53. The van der Waals surface area contributed by atoms with Gasteiger partial charge in [-0.3, -0.25) is 9.59 Å². The fraction of sp³-hybridized carbons (Fsp3) is 0.143. The van der Waals surface area contributed by atoms with E-state index in [1.54, 1.807) is 0 Å². The number of carbonyl (C=O) groups is 2. The van der Waals surface area contributed by atoms with Crippen LogP contribution in [0.3, 0.4) is 0 Å². The summed E-state index contributed by atoms with van der Waals surface area (Å²) < 4.78 is 5.07. The largest absolute Gasteiger partial charge is 0.455 e. The fourth-order valence-corrected chi connectivity index (χ4v) is 2.63. The van der Waals surface area contributed by atoms with Gasteiger partial charge in [-0.25, -0.2) is 0 Å². The number of nitrogens with one attached hydrogen (secondary N) is 1. The molecule has 0 saturated heterocycles. The van der Waals surface area contributed by atoms with Gasteiger partial charge < -0.3 is 10.1 Å². The van der Waals surface area contributed by atoms with Crippen molar-refractivity contribution >= 4 is 28.3 Å². The lowest BCUT2D eigenvalue weighted by molar-refractivity contribution is -0.146. The van der Waals surface area contributed by atoms with E-state index in [1.807, 2.05) is 73.7 Å². The third-order valence-electron chi connectivity index (χ3n) is 3.99. The Labute approximate surface area is 146 Å². The average Bonchev–Trinajstić information content (AvgIpc) is 2.62. The first-order chi connectivity index (χ1) is 12.1. The van der Waals surface area contributed by atoms with Crippen LogP contribution in [0, 0.1) is 6.92 Å². The van der Waals surface area contributed by atoms with Gasteiger partial charge in [-0.05, 0) is 41.0 Å². The van der Waals surface area contributed by atoms with Gasteiger partial charge in [0.25, 0.3) is 5.91 Å². The molecule has 3 aromatic carbocycles. The minimum Gasteiger partial charge on any atom is -0.455 e. The van der Waals surface area contributed by atoms with Gasteiger partial charge in [-0.1, -0.05) is 54.6 Å². The first-order valence-electron chi connectivity index (χ1n) is 8.10. The van der Waals surface area contributed by atoms with E-state index in [2.05, 4.69) is 5.32 Å². The van der Waals surface area contributed by atoms with Crippen LogP contribution in [-0.4, -0.2) is 18.5 Å². The predicted molar refractivity (Wildman–Crippen MR) is 98.4 cm³/mol. The Morgan fingerprint density at radius 3 is 2.44 bits per heavy atom. The molecule has 3 aromatic rings. The second-order valence-corrected chi connectivity index (χ2v) is 5.87. The molecule has 0 atom stereocenters. The molecule has 0 bridgehead atoms. The fourth-order valence-electron chi connectivity index (χ4n) is 2.63. The van der Waals surface area contributed by atoms with Gasteiger partial charge in [0, 0.05) is 5.69 Å². The number of ether oxygens (including phenoxy) is 1. The maximum atomic E-state index is 12.0. The van der Waals surface area contributed by atoms with Crippen molar-refractivity contribution in [2.45, 2.75) is 13.3 Å². The van der Waals surface area contributed by atoms with E-state index in [1.165, 1.54) is 0 Å². The van der Waals surface area contributed by atoms with E-state index in [4.69, 9.17) is 4.74 Å². The highest BCUT2D eigenvalue weighted by molar-refractivity contribution is 5.95. The zero-order valence-corrected chi connectivity index (χ0v) is 14.0. The van der Waals surface area contributed by atoms with Gasteiger partial charge >= 0.3 is 5.97 Å². The zero-order valence-electron chi connectivity index (χ0n) is 14.0. The summed E-state index contributed by atoms with van der Waals surface area (Å²) >= 11 is 0. The third-order valence-corrected chi connectivity index (χ3v) is 3.99.